The van der Waals surface area contributed by atoms with E-state index in [2.05, 4.69) is 40.6 Å². The molecule has 4 heterocycles. The average Bonchev–Trinajstić information content (AvgIpc) is 3.30. The van der Waals surface area contributed by atoms with Gasteiger partial charge in [0.2, 0.25) is 0 Å². The van der Waals surface area contributed by atoms with Crippen LogP contribution in [0.25, 0.3) is 10.2 Å². The minimum atomic E-state index is -0.110. The molecule has 1 fully saturated rings. The number of thiophene rings is 1. The van der Waals surface area contributed by atoms with E-state index < -0.39 is 0 Å². The normalized spacial score (nSPS) is 15.3. The van der Waals surface area contributed by atoms with Gasteiger partial charge >= 0.3 is 5.97 Å². The molecule has 0 N–H and O–H groups in total. The van der Waals surface area contributed by atoms with E-state index in [1.54, 1.807) is 29.0 Å². The van der Waals surface area contributed by atoms with Crippen LogP contribution < -0.4 is 4.90 Å². The van der Waals surface area contributed by atoms with Crippen molar-refractivity contribution in [2.24, 2.45) is 5.92 Å². The van der Waals surface area contributed by atoms with Crippen molar-refractivity contribution in [1.29, 1.82) is 0 Å². The van der Waals surface area contributed by atoms with Crippen molar-refractivity contribution in [1.82, 2.24) is 15.0 Å². The third kappa shape index (κ3) is 3.75. The summed E-state index contributed by atoms with van der Waals surface area (Å²) in [6.07, 6.45) is 4.12. The maximum Gasteiger partial charge on any atom is 0.309 e. The standard InChI is InChI=1S/C20H24N4O2S2/c1-4-16-23-15(10-27-16)9-26-20(25)14-5-7-24(8-6-14)18-17-12(2)13(3)28-19(17)22-11-21-18/h10-11,14H,4-9H2,1-3H3. The molecule has 0 amide bonds. The molecule has 6 nitrogen and oxygen atoms in total. The molecule has 1 aliphatic rings. The zero-order valence-corrected chi connectivity index (χ0v) is 18.0. The first-order valence-corrected chi connectivity index (χ1v) is 11.3. The molecule has 0 aliphatic carbocycles. The van der Waals surface area contributed by atoms with Crippen molar-refractivity contribution in [3.63, 3.8) is 0 Å². The van der Waals surface area contributed by atoms with Crippen molar-refractivity contribution in [3.05, 3.63) is 32.8 Å². The molecule has 1 aliphatic heterocycles. The fourth-order valence-corrected chi connectivity index (χ4v) is 5.29. The van der Waals surface area contributed by atoms with E-state index in [-0.39, 0.29) is 18.5 Å². The van der Waals surface area contributed by atoms with Crippen LogP contribution in [0.4, 0.5) is 5.82 Å². The Bertz CT molecular complexity index is 989. The molecule has 4 rings (SSSR count). The van der Waals surface area contributed by atoms with Crippen LogP contribution in [0.15, 0.2) is 11.7 Å². The summed E-state index contributed by atoms with van der Waals surface area (Å²) in [6, 6.07) is 0. The first kappa shape index (κ1) is 19.3. The maximum atomic E-state index is 12.5. The lowest BCUT2D eigenvalue weighted by Crippen LogP contribution is -2.37. The number of anilines is 1. The van der Waals surface area contributed by atoms with Gasteiger partial charge in [-0.3, -0.25) is 4.79 Å². The highest BCUT2D eigenvalue weighted by molar-refractivity contribution is 7.18. The SMILES string of the molecule is CCc1nc(COC(=O)C2CCN(c3ncnc4sc(C)c(C)c34)CC2)cs1. The van der Waals surface area contributed by atoms with E-state index in [0.717, 1.165) is 59.1 Å². The zero-order valence-electron chi connectivity index (χ0n) is 16.4. The molecule has 3 aromatic rings. The van der Waals surface area contributed by atoms with Crippen molar-refractivity contribution < 1.29 is 9.53 Å². The highest BCUT2D eigenvalue weighted by Gasteiger charge is 2.28. The Morgan fingerprint density at radius 2 is 2.07 bits per heavy atom. The Morgan fingerprint density at radius 1 is 1.29 bits per heavy atom. The second-order valence-corrected chi connectivity index (χ2v) is 9.26. The molecule has 0 atom stereocenters. The number of thiazole rings is 1. The van der Waals surface area contributed by atoms with E-state index in [0.29, 0.717) is 0 Å². The molecule has 148 valence electrons. The lowest BCUT2D eigenvalue weighted by Gasteiger charge is -2.32. The summed E-state index contributed by atoms with van der Waals surface area (Å²) in [6.45, 7) is 8.21. The third-order valence-corrected chi connectivity index (χ3v) is 7.49. The number of carbonyl (C=O) groups excluding carboxylic acids is 1. The Morgan fingerprint density at radius 3 is 2.79 bits per heavy atom. The smallest absolute Gasteiger partial charge is 0.309 e. The van der Waals surface area contributed by atoms with Gasteiger partial charge < -0.3 is 9.64 Å². The van der Waals surface area contributed by atoms with Gasteiger partial charge in [-0.15, -0.1) is 22.7 Å². The molecule has 0 spiro atoms. The second-order valence-electron chi connectivity index (χ2n) is 7.12. The zero-order chi connectivity index (χ0) is 19.7. The Hall–Kier alpha value is -2.06. The van der Waals surface area contributed by atoms with Crippen molar-refractivity contribution >= 4 is 44.7 Å². The van der Waals surface area contributed by atoms with Gasteiger partial charge in [0.1, 0.15) is 23.6 Å². The first-order chi connectivity index (χ1) is 13.6. The van der Waals surface area contributed by atoms with Crippen LogP contribution in [0.3, 0.4) is 0 Å². The maximum absolute atomic E-state index is 12.5. The Balaban J connectivity index is 1.37. The number of fused-ring (bicyclic) bond motifs is 1. The monoisotopic (exact) mass is 416 g/mol. The number of aryl methyl sites for hydroxylation is 3. The quantitative estimate of drug-likeness (QED) is 0.578. The van der Waals surface area contributed by atoms with E-state index in [9.17, 15) is 4.79 Å². The Labute approximate surface area is 172 Å². The number of esters is 1. The first-order valence-electron chi connectivity index (χ1n) is 9.62. The number of carbonyl (C=O) groups is 1. The van der Waals surface area contributed by atoms with Gasteiger partial charge in [-0.1, -0.05) is 6.92 Å². The molecular formula is C20H24N4O2S2. The number of aromatic nitrogens is 3. The summed E-state index contributed by atoms with van der Waals surface area (Å²) in [5, 5.41) is 4.20. The molecule has 0 unspecified atom stereocenters. The van der Waals surface area contributed by atoms with Crippen LogP contribution in [0.5, 0.6) is 0 Å². The molecule has 0 radical (unpaired) electrons. The summed E-state index contributed by atoms with van der Waals surface area (Å²) >= 11 is 3.33. The molecule has 0 bridgehead atoms. The van der Waals surface area contributed by atoms with Crippen LogP contribution in [0.1, 0.15) is 40.9 Å². The molecule has 0 saturated carbocycles. The average molecular weight is 417 g/mol. The van der Waals surface area contributed by atoms with Crippen molar-refractivity contribution in [3.8, 4) is 0 Å². The fraction of sp³-hybridized carbons (Fsp3) is 0.500. The van der Waals surface area contributed by atoms with Crippen LogP contribution in [0.2, 0.25) is 0 Å². The minimum Gasteiger partial charge on any atom is -0.459 e. The number of ether oxygens (including phenoxy) is 1. The summed E-state index contributed by atoms with van der Waals surface area (Å²) in [4.78, 5) is 30.5. The summed E-state index contributed by atoms with van der Waals surface area (Å²) < 4.78 is 5.52. The molecule has 1 saturated heterocycles. The fourth-order valence-electron chi connectivity index (χ4n) is 3.57. The molecule has 8 heteroatoms. The van der Waals surface area contributed by atoms with Gasteiger partial charge in [-0.25, -0.2) is 15.0 Å². The number of nitrogens with zero attached hydrogens (tertiary/aromatic N) is 4. The van der Waals surface area contributed by atoms with Crippen LogP contribution in [0, 0.1) is 19.8 Å². The lowest BCUT2D eigenvalue weighted by molar-refractivity contribution is -0.150. The van der Waals surface area contributed by atoms with E-state index in [4.69, 9.17) is 4.74 Å². The predicted octanol–water partition coefficient (Wildman–Crippen LogP) is 4.29. The number of rotatable bonds is 5. The topological polar surface area (TPSA) is 68.2 Å². The number of piperidine rings is 1. The minimum absolute atomic E-state index is 0.0526. The van der Waals surface area contributed by atoms with Gasteiger partial charge in [0.05, 0.1) is 22.0 Å². The van der Waals surface area contributed by atoms with Gasteiger partial charge in [0.15, 0.2) is 0 Å². The highest BCUT2D eigenvalue weighted by atomic mass is 32.1. The summed E-state index contributed by atoms with van der Waals surface area (Å²) in [5.74, 6) is 0.831. The van der Waals surface area contributed by atoms with Gasteiger partial charge in [-0.2, -0.15) is 0 Å². The third-order valence-electron chi connectivity index (χ3n) is 5.34. The van der Waals surface area contributed by atoms with Crippen LogP contribution >= 0.6 is 22.7 Å². The van der Waals surface area contributed by atoms with Crippen molar-refractivity contribution in [2.75, 3.05) is 18.0 Å². The highest BCUT2D eigenvalue weighted by Crippen LogP contribution is 2.35. The van der Waals surface area contributed by atoms with Gasteiger partial charge in [-0.05, 0) is 38.7 Å². The largest absolute Gasteiger partial charge is 0.459 e. The van der Waals surface area contributed by atoms with Crippen LogP contribution in [-0.4, -0.2) is 34.0 Å². The van der Waals surface area contributed by atoms with E-state index in [1.165, 1.54) is 10.4 Å². The predicted molar refractivity (Wildman–Crippen MR) is 113 cm³/mol. The number of hydrogen-bond donors (Lipinski definition) is 0. The van der Waals surface area contributed by atoms with Crippen LogP contribution in [-0.2, 0) is 22.6 Å². The van der Waals surface area contributed by atoms with Gasteiger partial charge in [0.25, 0.3) is 0 Å². The lowest BCUT2D eigenvalue weighted by atomic mass is 9.97. The molecule has 3 aromatic heterocycles. The van der Waals surface area contributed by atoms with E-state index in [1.807, 2.05) is 5.38 Å². The number of hydrogen-bond acceptors (Lipinski definition) is 8. The summed E-state index contributed by atoms with van der Waals surface area (Å²) in [5.41, 5.74) is 2.10. The molecule has 28 heavy (non-hydrogen) atoms. The summed E-state index contributed by atoms with van der Waals surface area (Å²) in [7, 11) is 0. The Kier molecular flexibility index (Phi) is 5.59. The van der Waals surface area contributed by atoms with Crippen molar-refractivity contribution in [2.45, 2.75) is 46.6 Å². The van der Waals surface area contributed by atoms with E-state index >= 15 is 0 Å². The molecular weight excluding hydrogens is 392 g/mol. The second kappa shape index (κ2) is 8.13. The van der Waals surface area contributed by atoms with Gasteiger partial charge in [0, 0.05) is 23.3 Å². The molecule has 0 aromatic carbocycles.